The summed E-state index contributed by atoms with van der Waals surface area (Å²) in [5.41, 5.74) is 1.01. The molecule has 1 aromatic carbocycles. The highest BCUT2D eigenvalue weighted by Gasteiger charge is 2.19. The highest BCUT2D eigenvalue weighted by atomic mass is 127. The summed E-state index contributed by atoms with van der Waals surface area (Å²) in [5.74, 6) is 1.37. The molecule has 1 saturated carbocycles. The smallest absolute Gasteiger partial charge is 0.259 e. The van der Waals surface area contributed by atoms with E-state index in [2.05, 4.69) is 15.6 Å². The molecule has 158 valence electrons. The molecule has 1 aromatic rings. The summed E-state index contributed by atoms with van der Waals surface area (Å²) in [6, 6.07) is 7.99. The molecule has 0 unspecified atom stereocenters. The van der Waals surface area contributed by atoms with Crippen molar-refractivity contribution in [1.29, 1.82) is 0 Å². The van der Waals surface area contributed by atoms with Crippen LogP contribution in [-0.4, -0.2) is 61.3 Å². The average Bonchev–Trinajstić information content (AvgIpc) is 2.66. The number of aliphatic imine (C=N–C) groups is 1. The number of likely N-dealkylation sites (N-methyl/N-ethyl adjacent to an activating group) is 1. The van der Waals surface area contributed by atoms with E-state index in [1.807, 2.05) is 31.2 Å². The first-order valence-corrected chi connectivity index (χ1v) is 9.62. The van der Waals surface area contributed by atoms with Crippen LogP contribution in [0.1, 0.15) is 38.2 Å². The number of guanidine groups is 1. The molecule has 1 aliphatic carbocycles. The maximum Gasteiger partial charge on any atom is 0.259 e. The number of hydrogen-bond acceptors (Lipinski definition) is 4. The number of amides is 1. The first-order chi connectivity index (χ1) is 13.0. The van der Waals surface area contributed by atoms with E-state index in [1.165, 1.54) is 4.90 Å². The van der Waals surface area contributed by atoms with Crippen LogP contribution < -0.4 is 15.4 Å². The topological polar surface area (TPSA) is 86.2 Å². The third-order valence-electron chi connectivity index (χ3n) is 4.56. The van der Waals surface area contributed by atoms with E-state index in [-0.39, 0.29) is 42.6 Å². The van der Waals surface area contributed by atoms with Gasteiger partial charge in [0.05, 0.1) is 12.6 Å². The van der Waals surface area contributed by atoms with Gasteiger partial charge in [0.1, 0.15) is 5.75 Å². The standard InChI is InChI=1S/C20H32N4O3.HI/c1-4-21-20(23-16-8-10-17(25)11-9-16)22-13-15-6-5-7-18(12-15)27-14-19(26)24(2)3;/h5-7,12,16-17,25H,4,8-11,13-14H2,1-3H3,(H2,21,22,23);1H. The van der Waals surface area contributed by atoms with Crippen LogP contribution in [0.2, 0.25) is 0 Å². The lowest BCUT2D eigenvalue weighted by Crippen LogP contribution is -2.45. The predicted octanol–water partition coefficient (Wildman–Crippen LogP) is 2.13. The van der Waals surface area contributed by atoms with E-state index < -0.39 is 0 Å². The van der Waals surface area contributed by atoms with Crippen LogP contribution in [0.5, 0.6) is 5.75 Å². The average molecular weight is 504 g/mol. The van der Waals surface area contributed by atoms with Crippen LogP contribution in [0, 0.1) is 0 Å². The first kappa shape index (κ1) is 24.5. The molecular weight excluding hydrogens is 471 g/mol. The van der Waals surface area contributed by atoms with Crippen molar-refractivity contribution in [3.8, 4) is 5.75 Å². The minimum Gasteiger partial charge on any atom is -0.484 e. The number of carbonyl (C=O) groups is 1. The van der Waals surface area contributed by atoms with Gasteiger partial charge in [0.15, 0.2) is 12.6 Å². The number of ether oxygens (including phenoxy) is 1. The summed E-state index contributed by atoms with van der Waals surface area (Å²) in [7, 11) is 3.41. The van der Waals surface area contributed by atoms with Crippen LogP contribution in [0.4, 0.5) is 0 Å². The Morgan fingerprint density at radius 2 is 2.00 bits per heavy atom. The van der Waals surface area contributed by atoms with Gasteiger partial charge >= 0.3 is 0 Å². The van der Waals surface area contributed by atoms with E-state index in [0.29, 0.717) is 18.3 Å². The van der Waals surface area contributed by atoms with Crippen molar-refractivity contribution < 1.29 is 14.6 Å². The third kappa shape index (κ3) is 8.64. The fourth-order valence-corrected chi connectivity index (χ4v) is 2.91. The third-order valence-corrected chi connectivity index (χ3v) is 4.56. The Morgan fingerprint density at radius 3 is 2.64 bits per heavy atom. The Kier molecular flexibility index (Phi) is 11.2. The SMILES string of the molecule is CCNC(=NCc1cccc(OCC(=O)N(C)C)c1)NC1CCC(O)CC1.I. The zero-order valence-corrected chi connectivity index (χ0v) is 19.3. The Labute approximate surface area is 185 Å². The second kappa shape index (κ2) is 12.8. The predicted molar refractivity (Wildman–Crippen MR) is 122 cm³/mol. The van der Waals surface area contributed by atoms with E-state index in [1.54, 1.807) is 14.1 Å². The second-order valence-corrected chi connectivity index (χ2v) is 7.07. The van der Waals surface area contributed by atoms with Crippen molar-refractivity contribution in [3.63, 3.8) is 0 Å². The highest BCUT2D eigenvalue weighted by molar-refractivity contribution is 14.0. The van der Waals surface area contributed by atoms with Crippen LogP contribution in [0.25, 0.3) is 0 Å². The van der Waals surface area contributed by atoms with Crippen molar-refractivity contribution in [2.45, 2.75) is 51.3 Å². The van der Waals surface area contributed by atoms with Crippen LogP contribution in [-0.2, 0) is 11.3 Å². The van der Waals surface area contributed by atoms with E-state index in [0.717, 1.165) is 43.8 Å². The number of aliphatic hydroxyl groups excluding tert-OH is 1. The molecule has 0 spiro atoms. The summed E-state index contributed by atoms with van der Waals surface area (Å²) >= 11 is 0. The van der Waals surface area contributed by atoms with Gasteiger partial charge in [0.2, 0.25) is 0 Å². The maximum absolute atomic E-state index is 11.6. The molecule has 0 bridgehead atoms. The molecule has 2 rings (SSSR count). The second-order valence-electron chi connectivity index (χ2n) is 7.07. The lowest BCUT2D eigenvalue weighted by Gasteiger charge is -2.27. The lowest BCUT2D eigenvalue weighted by molar-refractivity contribution is -0.130. The first-order valence-electron chi connectivity index (χ1n) is 9.62. The molecule has 7 nitrogen and oxygen atoms in total. The Hall–Kier alpha value is -1.55. The van der Waals surface area contributed by atoms with Gasteiger partial charge in [-0.15, -0.1) is 24.0 Å². The van der Waals surface area contributed by atoms with Crippen molar-refractivity contribution in [3.05, 3.63) is 29.8 Å². The largest absolute Gasteiger partial charge is 0.484 e. The van der Waals surface area contributed by atoms with Crippen LogP contribution >= 0.6 is 24.0 Å². The van der Waals surface area contributed by atoms with Gasteiger partial charge in [-0.1, -0.05) is 12.1 Å². The minimum atomic E-state index is -0.162. The van der Waals surface area contributed by atoms with Crippen molar-refractivity contribution in [2.24, 2.45) is 4.99 Å². The molecular formula is C20H33IN4O3. The number of aliphatic hydroxyl groups is 1. The number of halogens is 1. The van der Waals surface area contributed by atoms with Gasteiger partial charge in [-0.25, -0.2) is 4.99 Å². The summed E-state index contributed by atoms with van der Waals surface area (Å²) in [4.78, 5) is 17.8. The summed E-state index contributed by atoms with van der Waals surface area (Å²) < 4.78 is 5.56. The molecule has 0 aromatic heterocycles. The minimum absolute atomic E-state index is 0. The number of hydrogen-bond donors (Lipinski definition) is 3. The van der Waals surface area contributed by atoms with Gasteiger partial charge in [0, 0.05) is 26.7 Å². The van der Waals surface area contributed by atoms with E-state index >= 15 is 0 Å². The Morgan fingerprint density at radius 1 is 1.29 bits per heavy atom. The normalized spacial score (nSPS) is 19.4. The maximum atomic E-state index is 11.6. The van der Waals surface area contributed by atoms with Gasteiger partial charge in [-0.3, -0.25) is 4.79 Å². The monoisotopic (exact) mass is 504 g/mol. The van der Waals surface area contributed by atoms with E-state index in [4.69, 9.17) is 4.74 Å². The fourth-order valence-electron chi connectivity index (χ4n) is 2.91. The van der Waals surface area contributed by atoms with Crippen molar-refractivity contribution in [2.75, 3.05) is 27.2 Å². The van der Waals surface area contributed by atoms with Crippen molar-refractivity contribution >= 4 is 35.8 Å². The lowest BCUT2D eigenvalue weighted by atomic mass is 9.93. The van der Waals surface area contributed by atoms with Gasteiger partial charge in [0.25, 0.3) is 5.91 Å². The number of nitrogens with one attached hydrogen (secondary N) is 2. The van der Waals surface area contributed by atoms with Crippen molar-refractivity contribution in [1.82, 2.24) is 15.5 Å². The Bertz CT molecular complexity index is 632. The van der Waals surface area contributed by atoms with Crippen LogP contribution in [0.15, 0.2) is 29.3 Å². The van der Waals surface area contributed by atoms with E-state index in [9.17, 15) is 9.90 Å². The molecule has 0 radical (unpaired) electrons. The molecule has 0 atom stereocenters. The number of rotatable bonds is 7. The molecule has 3 N–H and O–H groups in total. The quantitative estimate of drug-likeness (QED) is 0.301. The molecule has 8 heteroatoms. The van der Waals surface area contributed by atoms with Gasteiger partial charge < -0.3 is 25.4 Å². The number of nitrogens with zero attached hydrogens (tertiary/aromatic N) is 2. The molecule has 28 heavy (non-hydrogen) atoms. The summed E-state index contributed by atoms with van der Waals surface area (Å²) in [6.45, 7) is 3.37. The zero-order valence-electron chi connectivity index (χ0n) is 17.0. The summed E-state index contributed by atoms with van der Waals surface area (Å²) in [5, 5.41) is 16.4. The Balaban J connectivity index is 0.00000392. The summed E-state index contributed by atoms with van der Waals surface area (Å²) in [6.07, 6.45) is 3.41. The molecule has 0 heterocycles. The highest BCUT2D eigenvalue weighted by Crippen LogP contribution is 2.18. The number of carbonyl (C=O) groups excluding carboxylic acids is 1. The van der Waals surface area contributed by atoms with Gasteiger partial charge in [-0.05, 0) is 50.3 Å². The fraction of sp³-hybridized carbons (Fsp3) is 0.600. The molecule has 0 aliphatic heterocycles. The zero-order chi connectivity index (χ0) is 19.6. The number of benzene rings is 1. The van der Waals surface area contributed by atoms with Crippen LogP contribution in [0.3, 0.4) is 0 Å². The molecule has 1 aliphatic rings. The molecule has 1 fully saturated rings. The molecule has 1 amide bonds. The van der Waals surface area contributed by atoms with Gasteiger partial charge in [-0.2, -0.15) is 0 Å². The molecule has 0 saturated heterocycles.